The maximum atomic E-state index is 11.5. The van der Waals surface area contributed by atoms with Gasteiger partial charge in [-0.3, -0.25) is 9.69 Å². The fourth-order valence-corrected chi connectivity index (χ4v) is 2.47. The average molecular weight is 308 g/mol. The Morgan fingerprint density at radius 2 is 2.05 bits per heavy atom. The van der Waals surface area contributed by atoms with Crippen LogP contribution in [0.2, 0.25) is 5.02 Å². The number of furan rings is 1. The third-order valence-electron chi connectivity index (χ3n) is 3.19. The van der Waals surface area contributed by atoms with Crippen LogP contribution in [-0.4, -0.2) is 22.8 Å². The molecule has 1 aromatic heterocycles. The number of carbonyl (C=O) groups is 1. The number of carbonyl (C=O) groups excluding carboxylic acids is 1. The summed E-state index contributed by atoms with van der Waals surface area (Å²) in [5.74, 6) is 1.50. The Labute approximate surface area is 128 Å². The molecule has 0 aliphatic carbocycles. The fourth-order valence-electron chi connectivity index (χ4n) is 2.23. The van der Waals surface area contributed by atoms with Gasteiger partial charge in [-0.05, 0) is 45.2 Å². The Morgan fingerprint density at radius 3 is 2.62 bits per heavy atom. The molecule has 5 heteroatoms. The third kappa shape index (κ3) is 3.86. The number of hydrogen-bond acceptors (Lipinski definition) is 4. The minimum absolute atomic E-state index is 0.00521. The molecule has 0 unspecified atom stereocenters. The maximum Gasteiger partial charge on any atom is 0.163 e. The summed E-state index contributed by atoms with van der Waals surface area (Å²) in [7, 11) is 1.91. The van der Waals surface area contributed by atoms with Gasteiger partial charge >= 0.3 is 0 Å². The number of ketones is 1. The normalized spacial score (nSPS) is 11.1. The van der Waals surface area contributed by atoms with Gasteiger partial charge in [0, 0.05) is 17.1 Å². The summed E-state index contributed by atoms with van der Waals surface area (Å²) in [6, 6.07) is 6.99. The highest BCUT2D eigenvalue weighted by molar-refractivity contribution is 6.31. The van der Waals surface area contributed by atoms with E-state index in [-0.39, 0.29) is 17.1 Å². The quantitative estimate of drug-likeness (QED) is 0.854. The fraction of sp³-hybridized carbons (Fsp3) is 0.312. The first-order valence-corrected chi connectivity index (χ1v) is 7.01. The number of rotatable bonds is 5. The minimum Gasteiger partial charge on any atom is -0.507 e. The Bertz CT molecular complexity index is 664. The maximum absolute atomic E-state index is 11.5. The monoisotopic (exact) mass is 307 g/mol. The average Bonchev–Trinajstić information content (AvgIpc) is 2.78. The lowest BCUT2D eigenvalue weighted by Gasteiger charge is -2.17. The molecule has 0 atom stereocenters. The summed E-state index contributed by atoms with van der Waals surface area (Å²) < 4.78 is 5.52. The summed E-state index contributed by atoms with van der Waals surface area (Å²) in [5, 5.41) is 10.6. The summed E-state index contributed by atoms with van der Waals surface area (Å²) in [6.07, 6.45) is 0. The SMILES string of the molecule is CC(=O)c1cc(Cl)cc(CN(C)Cc2ccc(C)o2)c1O. The molecule has 0 fully saturated rings. The van der Waals surface area contributed by atoms with Crippen LogP contribution >= 0.6 is 11.6 Å². The Kier molecular flexibility index (Phi) is 4.70. The Hall–Kier alpha value is -1.78. The summed E-state index contributed by atoms with van der Waals surface area (Å²) in [6.45, 7) is 4.37. The number of halogens is 1. The molecule has 1 heterocycles. The van der Waals surface area contributed by atoms with Crippen LogP contribution in [0.4, 0.5) is 0 Å². The Morgan fingerprint density at radius 1 is 1.33 bits per heavy atom. The van der Waals surface area contributed by atoms with E-state index in [1.807, 2.05) is 31.0 Å². The van der Waals surface area contributed by atoms with Crippen molar-refractivity contribution >= 4 is 17.4 Å². The molecule has 21 heavy (non-hydrogen) atoms. The molecule has 0 aliphatic heterocycles. The highest BCUT2D eigenvalue weighted by Crippen LogP contribution is 2.28. The predicted molar refractivity (Wildman–Crippen MR) is 81.7 cm³/mol. The highest BCUT2D eigenvalue weighted by atomic mass is 35.5. The molecule has 0 aliphatic rings. The minimum atomic E-state index is -0.208. The van der Waals surface area contributed by atoms with E-state index in [9.17, 15) is 9.90 Å². The molecule has 1 aromatic carbocycles. The van der Waals surface area contributed by atoms with Crippen molar-refractivity contribution in [2.24, 2.45) is 0 Å². The van der Waals surface area contributed by atoms with Gasteiger partial charge in [0.25, 0.3) is 0 Å². The first-order valence-electron chi connectivity index (χ1n) is 6.63. The zero-order valence-electron chi connectivity index (χ0n) is 12.3. The van der Waals surface area contributed by atoms with E-state index in [0.29, 0.717) is 23.7 Å². The lowest BCUT2D eigenvalue weighted by molar-refractivity contribution is 0.101. The van der Waals surface area contributed by atoms with E-state index in [1.54, 1.807) is 6.07 Å². The van der Waals surface area contributed by atoms with E-state index >= 15 is 0 Å². The highest BCUT2D eigenvalue weighted by Gasteiger charge is 2.15. The van der Waals surface area contributed by atoms with Crippen molar-refractivity contribution in [2.45, 2.75) is 26.9 Å². The van der Waals surface area contributed by atoms with Crippen molar-refractivity contribution in [1.29, 1.82) is 0 Å². The van der Waals surface area contributed by atoms with Crippen LogP contribution < -0.4 is 0 Å². The van der Waals surface area contributed by atoms with E-state index < -0.39 is 0 Å². The van der Waals surface area contributed by atoms with Gasteiger partial charge in [-0.2, -0.15) is 0 Å². The topological polar surface area (TPSA) is 53.7 Å². The van der Waals surface area contributed by atoms with E-state index in [1.165, 1.54) is 13.0 Å². The number of phenols is 1. The van der Waals surface area contributed by atoms with Crippen molar-refractivity contribution in [3.8, 4) is 5.75 Å². The number of phenolic OH excluding ortho intramolecular Hbond substituents is 1. The smallest absolute Gasteiger partial charge is 0.163 e. The van der Waals surface area contributed by atoms with Crippen LogP contribution in [0.25, 0.3) is 0 Å². The van der Waals surface area contributed by atoms with Gasteiger partial charge in [-0.1, -0.05) is 11.6 Å². The number of Topliss-reactive ketones (excluding diaryl/α,β-unsaturated/α-hetero) is 1. The van der Waals surface area contributed by atoms with Crippen LogP contribution in [-0.2, 0) is 13.1 Å². The zero-order valence-corrected chi connectivity index (χ0v) is 13.1. The van der Waals surface area contributed by atoms with E-state index in [2.05, 4.69) is 0 Å². The molecule has 2 aromatic rings. The van der Waals surface area contributed by atoms with Crippen molar-refractivity contribution in [3.63, 3.8) is 0 Å². The summed E-state index contributed by atoms with van der Waals surface area (Å²) in [5.41, 5.74) is 0.873. The number of nitrogens with zero attached hydrogens (tertiary/aromatic N) is 1. The molecule has 112 valence electrons. The Balaban J connectivity index is 2.17. The second-order valence-corrected chi connectivity index (χ2v) is 5.64. The zero-order chi connectivity index (χ0) is 15.6. The second kappa shape index (κ2) is 6.33. The van der Waals surface area contributed by atoms with Crippen molar-refractivity contribution in [3.05, 3.63) is 51.9 Å². The molecule has 0 amide bonds. The van der Waals surface area contributed by atoms with Crippen molar-refractivity contribution < 1.29 is 14.3 Å². The first kappa shape index (κ1) is 15.6. The number of hydrogen-bond donors (Lipinski definition) is 1. The molecule has 0 bridgehead atoms. The second-order valence-electron chi connectivity index (χ2n) is 5.20. The van der Waals surface area contributed by atoms with Gasteiger partial charge in [0.05, 0.1) is 12.1 Å². The number of aryl methyl sites for hydroxylation is 1. The lowest BCUT2D eigenvalue weighted by atomic mass is 10.1. The van der Waals surface area contributed by atoms with Gasteiger partial charge in [0.1, 0.15) is 17.3 Å². The van der Waals surface area contributed by atoms with Gasteiger partial charge in [-0.15, -0.1) is 0 Å². The molecule has 1 N–H and O–H groups in total. The van der Waals surface area contributed by atoms with Gasteiger partial charge in [0.2, 0.25) is 0 Å². The molecular formula is C16H18ClNO3. The van der Waals surface area contributed by atoms with Crippen LogP contribution in [0.3, 0.4) is 0 Å². The van der Waals surface area contributed by atoms with Crippen LogP contribution in [0.15, 0.2) is 28.7 Å². The van der Waals surface area contributed by atoms with Gasteiger partial charge in [-0.25, -0.2) is 0 Å². The molecule has 0 saturated carbocycles. The summed E-state index contributed by atoms with van der Waals surface area (Å²) in [4.78, 5) is 13.5. The standard InChI is InChI=1S/C16H18ClNO3/c1-10-4-5-14(21-10)9-18(3)8-12-6-13(17)7-15(11(2)19)16(12)20/h4-7,20H,8-9H2,1-3H3. The third-order valence-corrected chi connectivity index (χ3v) is 3.41. The molecule has 0 spiro atoms. The largest absolute Gasteiger partial charge is 0.507 e. The first-order chi connectivity index (χ1) is 9.86. The van der Waals surface area contributed by atoms with Crippen molar-refractivity contribution in [2.75, 3.05) is 7.05 Å². The van der Waals surface area contributed by atoms with Crippen LogP contribution in [0.5, 0.6) is 5.75 Å². The number of aromatic hydroxyl groups is 1. The lowest BCUT2D eigenvalue weighted by Crippen LogP contribution is -2.17. The molecule has 4 nitrogen and oxygen atoms in total. The van der Waals surface area contributed by atoms with E-state index in [4.69, 9.17) is 16.0 Å². The molecule has 2 rings (SSSR count). The van der Waals surface area contributed by atoms with Crippen LogP contribution in [0, 0.1) is 6.92 Å². The van der Waals surface area contributed by atoms with Gasteiger partial charge < -0.3 is 9.52 Å². The van der Waals surface area contributed by atoms with E-state index in [0.717, 1.165) is 11.5 Å². The molecular weight excluding hydrogens is 290 g/mol. The predicted octanol–water partition coefficient (Wildman–Crippen LogP) is 3.78. The molecule has 0 saturated heterocycles. The summed E-state index contributed by atoms with van der Waals surface area (Å²) >= 11 is 6.01. The number of benzene rings is 1. The molecule has 0 radical (unpaired) electrons. The van der Waals surface area contributed by atoms with Crippen LogP contribution in [0.1, 0.15) is 34.4 Å². The van der Waals surface area contributed by atoms with Gasteiger partial charge in [0.15, 0.2) is 5.78 Å². The van der Waals surface area contributed by atoms with Crippen molar-refractivity contribution in [1.82, 2.24) is 4.90 Å².